The standard InChI is InChI=1S/C14H13NO3.C2H4O2.ClH/c16-13(11-6-2-1-3-7-11)14(17)18-10-12-8-4-5-9-15-12;1-2(3)4;/h1-9,13,16H,10H2;1H3,(H,3,4);1H/p-1. The first-order valence-electron chi connectivity index (χ1n) is 6.48. The summed E-state index contributed by atoms with van der Waals surface area (Å²) in [5.41, 5.74) is 1.16. The van der Waals surface area contributed by atoms with Crippen molar-refractivity contribution >= 4 is 24.3 Å². The second-order valence-corrected chi connectivity index (χ2v) is 4.23. The van der Waals surface area contributed by atoms with Crippen LogP contribution in [-0.2, 0) is 20.9 Å². The number of aliphatic hydroxyl groups is 1. The molecular weight excluding hydrogens is 322 g/mol. The van der Waals surface area contributed by atoms with E-state index in [9.17, 15) is 9.90 Å². The number of carbonyl (C=O) groups is 2. The zero-order chi connectivity index (χ0) is 16.4. The van der Waals surface area contributed by atoms with Crippen LogP contribution in [0, 0.1) is 0 Å². The third-order valence-electron chi connectivity index (χ3n) is 2.43. The molecule has 0 fully saturated rings. The molecule has 0 aliphatic rings. The number of esters is 1. The Hall–Kier alpha value is -2.44. The number of carboxylic acid groups (broad SMARTS) is 1. The fraction of sp³-hybridized carbons (Fsp3) is 0.188. The molecule has 7 heteroatoms. The number of nitrogens with zero attached hydrogens (tertiary/aromatic N) is 1. The van der Waals surface area contributed by atoms with E-state index in [0.29, 0.717) is 11.3 Å². The molecule has 0 spiro atoms. The summed E-state index contributed by atoms with van der Waals surface area (Å²) >= 11 is 0. The second kappa shape index (κ2) is 11.2. The van der Waals surface area contributed by atoms with E-state index in [2.05, 4.69) is 4.98 Å². The lowest BCUT2D eigenvalue weighted by Crippen LogP contribution is -2.16. The van der Waals surface area contributed by atoms with E-state index in [1.165, 1.54) is 0 Å². The van der Waals surface area contributed by atoms with E-state index in [1.54, 1.807) is 42.6 Å². The number of benzene rings is 1. The van der Waals surface area contributed by atoms with Crippen LogP contribution in [0.4, 0.5) is 0 Å². The molecule has 2 rings (SSSR count). The lowest BCUT2D eigenvalue weighted by atomic mass is 10.1. The minimum atomic E-state index is -1.25. The van der Waals surface area contributed by atoms with Crippen molar-refractivity contribution in [3.8, 4) is 0 Å². The van der Waals surface area contributed by atoms with Crippen molar-refractivity contribution in [2.24, 2.45) is 0 Å². The van der Waals surface area contributed by atoms with Crippen molar-refractivity contribution in [2.75, 3.05) is 0 Å². The van der Waals surface area contributed by atoms with Gasteiger partial charge in [0.1, 0.15) is 6.61 Å². The molecular formula is C16H17ClNO5-. The van der Waals surface area contributed by atoms with Gasteiger partial charge in [-0.2, -0.15) is 0 Å². The molecule has 1 aromatic carbocycles. The fourth-order valence-electron chi connectivity index (χ4n) is 1.48. The minimum absolute atomic E-state index is 0. The van der Waals surface area contributed by atoms with Gasteiger partial charge in [-0.25, -0.2) is 4.79 Å². The van der Waals surface area contributed by atoms with Crippen LogP contribution >= 0.6 is 12.4 Å². The lowest BCUT2D eigenvalue weighted by Gasteiger charge is -2.10. The van der Waals surface area contributed by atoms with Gasteiger partial charge in [-0.15, -0.1) is 12.4 Å². The summed E-state index contributed by atoms with van der Waals surface area (Å²) < 4.78 is 4.99. The number of aromatic nitrogens is 1. The molecule has 23 heavy (non-hydrogen) atoms. The van der Waals surface area contributed by atoms with Crippen LogP contribution in [0.3, 0.4) is 0 Å². The van der Waals surface area contributed by atoms with Gasteiger partial charge in [0.2, 0.25) is 0 Å². The Morgan fingerprint density at radius 3 is 2.26 bits per heavy atom. The number of rotatable bonds is 4. The molecule has 1 aromatic heterocycles. The molecule has 0 saturated carbocycles. The van der Waals surface area contributed by atoms with Gasteiger partial charge in [0, 0.05) is 12.2 Å². The lowest BCUT2D eigenvalue weighted by molar-refractivity contribution is -0.302. The average molecular weight is 339 g/mol. The van der Waals surface area contributed by atoms with E-state index in [4.69, 9.17) is 14.6 Å². The first-order chi connectivity index (χ1) is 10.5. The summed E-state index contributed by atoms with van der Waals surface area (Å²) in [4.78, 5) is 24.5. The normalized spacial score (nSPS) is 10.3. The number of halogens is 1. The SMILES string of the molecule is CC(=O)[O-].Cl.O=C(OCc1ccccn1)C(O)c1ccccc1. The third kappa shape index (κ3) is 8.55. The number of pyridine rings is 1. The maximum atomic E-state index is 11.6. The zero-order valence-corrected chi connectivity index (χ0v) is 13.2. The highest BCUT2D eigenvalue weighted by molar-refractivity contribution is 5.85. The molecule has 1 N–H and O–H groups in total. The molecule has 0 saturated heterocycles. The van der Waals surface area contributed by atoms with Gasteiger partial charge in [0.15, 0.2) is 6.10 Å². The van der Waals surface area contributed by atoms with Crippen LogP contribution in [0.1, 0.15) is 24.3 Å². The van der Waals surface area contributed by atoms with E-state index in [1.807, 2.05) is 12.1 Å². The molecule has 2 aromatic rings. The van der Waals surface area contributed by atoms with Crippen molar-refractivity contribution in [1.29, 1.82) is 0 Å². The number of aliphatic hydroxyl groups excluding tert-OH is 1. The molecule has 0 amide bonds. The first kappa shape index (κ1) is 20.6. The highest BCUT2D eigenvalue weighted by Crippen LogP contribution is 2.14. The van der Waals surface area contributed by atoms with E-state index in [0.717, 1.165) is 6.92 Å². The smallest absolute Gasteiger partial charge is 0.340 e. The number of hydrogen-bond donors (Lipinski definition) is 1. The van der Waals surface area contributed by atoms with Gasteiger partial charge in [0.25, 0.3) is 0 Å². The van der Waals surface area contributed by atoms with Crippen molar-refractivity contribution in [2.45, 2.75) is 19.6 Å². The summed E-state index contributed by atoms with van der Waals surface area (Å²) in [5.74, 6) is -1.76. The van der Waals surface area contributed by atoms with Crippen molar-refractivity contribution in [1.82, 2.24) is 4.98 Å². The number of aliphatic carboxylic acids is 1. The number of hydrogen-bond acceptors (Lipinski definition) is 6. The van der Waals surface area contributed by atoms with Gasteiger partial charge in [0.05, 0.1) is 5.69 Å². The molecule has 0 bridgehead atoms. The topological polar surface area (TPSA) is 99.5 Å². The molecule has 124 valence electrons. The molecule has 1 atom stereocenters. The minimum Gasteiger partial charge on any atom is -0.550 e. The Kier molecular flexibility index (Phi) is 9.99. The van der Waals surface area contributed by atoms with Gasteiger partial charge in [-0.3, -0.25) is 4.98 Å². The van der Waals surface area contributed by atoms with Crippen LogP contribution in [0.15, 0.2) is 54.7 Å². The Morgan fingerprint density at radius 2 is 1.74 bits per heavy atom. The molecule has 0 radical (unpaired) electrons. The average Bonchev–Trinajstić information content (AvgIpc) is 2.53. The molecule has 1 heterocycles. The largest absolute Gasteiger partial charge is 0.550 e. The number of carboxylic acids is 1. The van der Waals surface area contributed by atoms with Gasteiger partial charge in [-0.05, 0) is 24.6 Å². The Balaban J connectivity index is 0.000000871. The van der Waals surface area contributed by atoms with Crippen molar-refractivity contribution in [3.63, 3.8) is 0 Å². The van der Waals surface area contributed by atoms with Crippen molar-refractivity contribution < 1.29 is 24.5 Å². The second-order valence-electron chi connectivity index (χ2n) is 4.23. The van der Waals surface area contributed by atoms with E-state index in [-0.39, 0.29) is 19.0 Å². The first-order valence-corrected chi connectivity index (χ1v) is 6.48. The van der Waals surface area contributed by atoms with E-state index < -0.39 is 18.0 Å². The Bertz CT molecular complexity index is 588. The fourth-order valence-corrected chi connectivity index (χ4v) is 1.48. The van der Waals surface area contributed by atoms with Crippen LogP contribution in [0.2, 0.25) is 0 Å². The molecule has 1 unspecified atom stereocenters. The highest BCUT2D eigenvalue weighted by atomic mass is 35.5. The number of carbonyl (C=O) groups excluding carboxylic acids is 2. The van der Waals surface area contributed by atoms with Crippen LogP contribution in [-0.4, -0.2) is 22.0 Å². The number of ether oxygens (including phenoxy) is 1. The summed E-state index contributed by atoms with van der Waals surface area (Å²) in [5, 5.41) is 18.7. The Labute approximate surface area is 140 Å². The van der Waals surface area contributed by atoms with Crippen LogP contribution in [0.25, 0.3) is 0 Å². The van der Waals surface area contributed by atoms with Gasteiger partial charge in [-0.1, -0.05) is 36.4 Å². The maximum absolute atomic E-state index is 11.6. The van der Waals surface area contributed by atoms with E-state index >= 15 is 0 Å². The quantitative estimate of drug-likeness (QED) is 0.836. The maximum Gasteiger partial charge on any atom is 0.340 e. The molecule has 6 nitrogen and oxygen atoms in total. The summed E-state index contributed by atoms with van der Waals surface area (Å²) in [7, 11) is 0. The van der Waals surface area contributed by atoms with Crippen LogP contribution in [0.5, 0.6) is 0 Å². The monoisotopic (exact) mass is 338 g/mol. The Morgan fingerprint density at radius 1 is 1.17 bits per heavy atom. The summed E-state index contributed by atoms with van der Waals surface area (Å²) in [6, 6.07) is 14.0. The highest BCUT2D eigenvalue weighted by Gasteiger charge is 2.18. The van der Waals surface area contributed by atoms with Gasteiger partial charge < -0.3 is 19.7 Å². The molecule has 0 aliphatic carbocycles. The predicted molar refractivity (Wildman–Crippen MR) is 83.4 cm³/mol. The summed E-state index contributed by atoms with van der Waals surface area (Å²) in [6.07, 6.45) is 0.367. The third-order valence-corrected chi connectivity index (χ3v) is 2.43. The van der Waals surface area contributed by atoms with Crippen LogP contribution < -0.4 is 5.11 Å². The summed E-state index contributed by atoms with van der Waals surface area (Å²) in [6.45, 7) is 1.03. The molecule has 0 aliphatic heterocycles. The van der Waals surface area contributed by atoms with Crippen molar-refractivity contribution in [3.05, 3.63) is 66.0 Å². The van der Waals surface area contributed by atoms with Gasteiger partial charge >= 0.3 is 5.97 Å². The predicted octanol–water partition coefficient (Wildman–Crippen LogP) is 1.04. The zero-order valence-electron chi connectivity index (χ0n) is 12.4.